The molecule has 0 heterocycles. The van der Waals surface area contributed by atoms with Crippen molar-refractivity contribution < 1.29 is 19.8 Å². The average Bonchev–Trinajstić information content (AvgIpc) is 2.17. The van der Waals surface area contributed by atoms with Crippen LogP contribution in [0.25, 0.3) is 0 Å². The highest BCUT2D eigenvalue weighted by atomic mass is 16.4. The van der Waals surface area contributed by atoms with Crippen molar-refractivity contribution in [2.24, 2.45) is 23.7 Å². The van der Waals surface area contributed by atoms with Gasteiger partial charge in [0, 0.05) is 5.92 Å². The molecule has 0 aromatic heterocycles. The van der Waals surface area contributed by atoms with E-state index in [0.29, 0.717) is 0 Å². The lowest BCUT2D eigenvalue weighted by Gasteiger charge is -2.22. The van der Waals surface area contributed by atoms with Crippen LogP contribution in [-0.4, -0.2) is 22.2 Å². The molecule has 0 aromatic carbocycles. The first-order valence-electron chi connectivity index (χ1n) is 5.10. The van der Waals surface area contributed by atoms with Crippen molar-refractivity contribution in [1.29, 1.82) is 10.5 Å². The minimum atomic E-state index is -1.47. The van der Waals surface area contributed by atoms with E-state index in [1.54, 1.807) is 26.0 Å². The summed E-state index contributed by atoms with van der Waals surface area (Å²) in [6.45, 7) is 3.55. The summed E-state index contributed by atoms with van der Waals surface area (Å²) in [7, 11) is 0. The molecule has 0 bridgehead atoms. The predicted octanol–water partition coefficient (Wildman–Crippen LogP) is 1.10. The monoisotopic (exact) mass is 238 g/mol. The third-order valence-corrected chi connectivity index (χ3v) is 2.41. The summed E-state index contributed by atoms with van der Waals surface area (Å²) < 4.78 is 0. The third-order valence-electron chi connectivity index (χ3n) is 2.41. The van der Waals surface area contributed by atoms with Crippen molar-refractivity contribution in [3.63, 3.8) is 0 Å². The van der Waals surface area contributed by atoms with Gasteiger partial charge in [-0.3, -0.25) is 9.59 Å². The van der Waals surface area contributed by atoms with Gasteiger partial charge in [-0.25, -0.2) is 0 Å². The molecule has 0 aliphatic rings. The first-order valence-corrected chi connectivity index (χ1v) is 5.10. The lowest BCUT2D eigenvalue weighted by molar-refractivity contribution is -0.146. The number of nitriles is 2. The number of carbonyl (C=O) groups is 2. The molecule has 0 spiro atoms. The number of hydrogen-bond donors (Lipinski definition) is 2. The first-order chi connectivity index (χ1) is 7.84. The van der Waals surface area contributed by atoms with E-state index in [-0.39, 0.29) is 12.3 Å². The Balaban J connectivity index is 5.26. The largest absolute Gasteiger partial charge is 0.480 e. The van der Waals surface area contributed by atoms with Gasteiger partial charge in [0.05, 0.1) is 12.1 Å². The molecule has 6 heteroatoms. The van der Waals surface area contributed by atoms with Crippen LogP contribution < -0.4 is 0 Å². The van der Waals surface area contributed by atoms with Crippen LogP contribution in [0.3, 0.4) is 0 Å². The second-order valence-electron chi connectivity index (χ2n) is 4.18. The summed E-state index contributed by atoms with van der Waals surface area (Å²) in [5.74, 6) is -6.72. The smallest absolute Gasteiger partial charge is 0.321 e. The van der Waals surface area contributed by atoms with E-state index in [9.17, 15) is 9.59 Å². The maximum Gasteiger partial charge on any atom is 0.321 e. The molecule has 2 unspecified atom stereocenters. The number of carboxylic acids is 2. The molecule has 0 radical (unpaired) electrons. The van der Waals surface area contributed by atoms with Crippen molar-refractivity contribution in [3.05, 3.63) is 0 Å². The highest BCUT2D eigenvalue weighted by Gasteiger charge is 2.38. The number of carboxylic acid groups (broad SMARTS) is 2. The van der Waals surface area contributed by atoms with E-state index >= 15 is 0 Å². The van der Waals surface area contributed by atoms with Gasteiger partial charge in [-0.05, 0) is 12.3 Å². The highest BCUT2D eigenvalue weighted by molar-refractivity contribution is 5.77. The van der Waals surface area contributed by atoms with Gasteiger partial charge >= 0.3 is 11.9 Å². The molecular weight excluding hydrogens is 224 g/mol. The van der Waals surface area contributed by atoms with Gasteiger partial charge in [0.25, 0.3) is 0 Å². The van der Waals surface area contributed by atoms with Crippen molar-refractivity contribution in [2.45, 2.75) is 20.3 Å². The molecule has 2 atom stereocenters. The zero-order valence-corrected chi connectivity index (χ0v) is 9.62. The van der Waals surface area contributed by atoms with Crippen LogP contribution in [0.15, 0.2) is 0 Å². The average molecular weight is 238 g/mol. The molecular formula is C11H14N2O4. The molecule has 0 saturated carbocycles. The second kappa shape index (κ2) is 6.49. The fraction of sp³-hybridized carbons (Fsp3) is 0.636. The Morgan fingerprint density at radius 1 is 1.06 bits per heavy atom. The van der Waals surface area contributed by atoms with Crippen LogP contribution in [0, 0.1) is 46.3 Å². The summed E-state index contributed by atoms with van der Waals surface area (Å²) in [5.41, 5.74) is 0. The maximum absolute atomic E-state index is 10.9. The van der Waals surface area contributed by atoms with E-state index in [0.717, 1.165) is 0 Å². The Kier molecular flexibility index (Phi) is 5.70. The van der Waals surface area contributed by atoms with Gasteiger partial charge in [0.1, 0.15) is 11.8 Å². The Bertz CT molecular complexity index is 346. The lowest BCUT2D eigenvalue weighted by Crippen LogP contribution is -2.33. The Labute approximate surface area is 99.1 Å². The molecule has 92 valence electrons. The third kappa shape index (κ3) is 4.12. The second-order valence-corrected chi connectivity index (χ2v) is 4.18. The van der Waals surface area contributed by atoms with Crippen LogP contribution in [0.4, 0.5) is 0 Å². The van der Waals surface area contributed by atoms with Crippen LogP contribution in [0.2, 0.25) is 0 Å². The SMILES string of the molecule is CC(C)CC(C(C#N)C(=O)O)C(C#N)C(=O)O. The maximum atomic E-state index is 10.9. The van der Waals surface area contributed by atoms with Gasteiger partial charge in [0.2, 0.25) is 0 Å². The molecule has 0 rings (SSSR count). The molecule has 0 amide bonds. The van der Waals surface area contributed by atoms with Crippen molar-refractivity contribution in [2.75, 3.05) is 0 Å². The summed E-state index contributed by atoms with van der Waals surface area (Å²) in [4.78, 5) is 21.7. The number of nitrogens with zero attached hydrogens (tertiary/aromatic N) is 2. The van der Waals surface area contributed by atoms with E-state index in [2.05, 4.69) is 0 Å². The summed E-state index contributed by atoms with van der Waals surface area (Å²) in [6.07, 6.45) is 0.203. The molecule has 0 aliphatic heterocycles. The number of aliphatic carboxylic acids is 2. The van der Waals surface area contributed by atoms with E-state index in [4.69, 9.17) is 20.7 Å². The number of hydrogen-bond acceptors (Lipinski definition) is 4. The molecule has 2 N–H and O–H groups in total. The summed E-state index contributed by atoms with van der Waals surface area (Å²) in [5, 5.41) is 35.3. The molecule has 0 aliphatic carbocycles. The zero-order chi connectivity index (χ0) is 13.6. The lowest BCUT2D eigenvalue weighted by atomic mass is 9.77. The van der Waals surface area contributed by atoms with Crippen molar-refractivity contribution >= 4 is 11.9 Å². The van der Waals surface area contributed by atoms with E-state index in [1.165, 1.54) is 0 Å². The van der Waals surface area contributed by atoms with Gasteiger partial charge in [-0.1, -0.05) is 13.8 Å². The van der Waals surface area contributed by atoms with Crippen LogP contribution in [0.5, 0.6) is 0 Å². The minimum absolute atomic E-state index is 0.00500. The number of rotatable bonds is 6. The fourth-order valence-electron chi connectivity index (χ4n) is 1.68. The topological polar surface area (TPSA) is 122 Å². The van der Waals surface area contributed by atoms with Gasteiger partial charge < -0.3 is 10.2 Å². The molecule has 0 fully saturated rings. The van der Waals surface area contributed by atoms with Gasteiger partial charge in [-0.15, -0.1) is 0 Å². The van der Waals surface area contributed by atoms with Crippen LogP contribution in [0.1, 0.15) is 20.3 Å². The quantitative estimate of drug-likeness (QED) is 0.714. The van der Waals surface area contributed by atoms with Gasteiger partial charge in [0.15, 0.2) is 0 Å². The van der Waals surface area contributed by atoms with Crippen LogP contribution >= 0.6 is 0 Å². The zero-order valence-electron chi connectivity index (χ0n) is 9.62. The Morgan fingerprint density at radius 2 is 1.41 bits per heavy atom. The molecule has 17 heavy (non-hydrogen) atoms. The predicted molar refractivity (Wildman–Crippen MR) is 56.4 cm³/mol. The van der Waals surface area contributed by atoms with E-state index < -0.39 is 29.7 Å². The van der Waals surface area contributed by atoms with E-state index in [1.807, 2.05) is 0 Å². The van der Waals surface area contributed by atoms with Gasteiger partial charge in [-0.2, -0.15) is 10.5 Å². The molecule has 0 aromatic rings. The van der Waals surface area contributed by atoms with Crippen molar-refractivity contribution in [1.82, 2.24) is 0 Å². The Morgan fingerprint density at radius 3 is 1.59 bits per heavy atom. The van der Waals surface area contributed by atoms with Crippen molar-refractivity contribution in [3.8, 4) is 12.1 Å². The normalized spacial score (nSPS) is 15.4. The Hall–Kier alpha value is -2.08. The molecule has 0 saturated heterocycles. The highest BCUT2D eigenvalue weighted by Crippen LogP contribution is 2.28. The van der Waals surface area contributed by atoms with Crippen LogP contribution in [-0.2, 0) is 9.59 Å². The summed E-state index contributed by atoms with van der Waals surface area (Å²) in [6, 6.07) is 3.13. The first kappa shape index (κ1) is 14.9. The fourth-order valence-corrected chi connectivity index (χ4v) is 1.68. The standard InChI is InChI=1S/C11H14N2O4/c1-6(2)3-7(8(4-12)10(14)15)9(5-13)11(16)17/h6-9H,3H2,1-2H3,(H,14,15)(H,16,17). The minimum Gasteiger partial charge on any atom is -0.480 e. The molecule has 6 nitrogen and oxygen atoms in total. The summed E-state index contributed by atoms with van der Waals surface area (Å²) >= 11 is 0.